The number of nitrogens with one attached hydrogen (secondary N) is 1. The fraction of sp³-hybridized carbons (Fsp3) is 0.385. The molecule has 0 amide bonds. The van der Waals surface area contributed by atoms with Gasteiger partial charge in [-0.3, -0.25) is 0 Å². The summed E-state index contributed by atoms with van der Waals surface area (Å²) in [6.07, 6.45) is 6.82. The van der Waals surface area contributed by atoms with E-state index in [1.165, 1.54) is 30.5 Å². The fourth-order valence-electron chi connectivity index (χ4n) is 2.00. The molecule has 0 unspecified atom stereocenters. The van der Waals surface area contributed by atoms with Crippen LogP contribution in [0.4, 0.5) is 5.69 Å². The van der Waals surface area contributed by atoms with Gasteiger partial charge in [-0.2, -0.15) is 0 Å². The van der Waals surface area contributed by atoms with Crippen molar-refractivity contribution in [3.05, 3.63) is 42.0 Å². The van der Waals surface area contributed by atoms with Crippen LogP contribution in [0.2, 0.25) is 0 Å². The van der Waals surface area contributed by atoms with Crippen molar-refractivity contribution < 1.29 is 0 Å². The molecule has 0 saturated heterocycles. The largest absolute Gasteiger partial charge is 0.385 e. The second-order valence-corrected chi connectivity index (χ2v) is 3.84. The van der Waals surface area contributed by atoms with Gasteiger partial charge < -0.3 is 5.32 Å². The average Bonchev–Trinajstić information content (AvgIpc) is 2.65. The van der Waals surface area contributed by atoms with Gasteiger partial charge in [0.05, 0.1) is 0 Å². The smallest absolute Gasteiger partial charge is 0.0343 e. The highest BCUT2D eigenvalue weighted by Gasteiger charge is 2.09. The Kier molecular flexibility index (Phi) is 2.87. The van der Waals surface area contributed by atoms with Gasteiger partial charge in [0.2, 0.25) is 0 Å². The SMILES string of the molecule is C=CCCNc1ccc2c(c1)CCC2. The van der Waals surface area contributed by atoms with Crippen molar-refractivity contribution in [2.75, 3.05) is 11.9 Å². The van der Waals surface area contributed by atoms with Gasteiger partial charge in [0.25, 0.3) is 0 Å². The fourth-order valence-corrected chi connectivity index (χ4v) is 2.00. The van der Waals surface area contributed by atoms with E-state index in [4.69, 9.17) is 0 Å². The molecule has 1 nitrogen and oxygen atoms in total. The number of fused-ring (bicyclic) bond motifs is 1. The Bertz CT molecular complexity index is 328. The molecule has 0 fully saturated rings. The second kappa shape index (κ2) is 4.32. The number of aryl methyl sites for hydroxylation is 2. The number of hydrogen-bond acceptors (Lipinski definition) is 1. The monoisotopic (exact) mass is 187 g/mol. The third-order valence-corrected chi connectivity index (χ3v) is 2.78. The first kappa shape index (κ1) is 9.32. The molecule has 2 rings (SSSR count). The normalized spacial score (nSPS) is 13.7. The van der Waals surface area contributed by atoms with E-state index < -0.39 is 0 Å². The zero-order chi connectivity index (χ0) is 9.80. The summed E-state index contributed by atoms with van der Waals surface area (Å²) in [5.41, 5.74) is 4.33. The topological polar surface area (TPSA) is 12.0 Å². The van der Waals surface area contributed by atoms with Crippen LogP contribution in [0.15, 0.2) is 30.9 Å². The maximum atomic E-state index is 3.71. The van der Waals surface area contributed by atoms with Gasteiger partial charge in [-0.05, 0) is 48.9 Å². The van der Waals surface area contributed by atoms with Crippen LogP contribution in [0.3, 0.4) is 0 Å². The van der Waals surface area contributed by atoms with Crippen molar-refractivity contribution in [3.8, 4) is 0 Å². The van der Waals surface area contributed by atoms with Crippen LogP contribution >= 0.6 is 0 Å². The number of hydrogen-bond donors (Lipinski definition) is 1. The molecule has 0 heterocycles. The van der Waals surface area contributed by atoms with Crippen molar-refractivity contribution in [3.63, 3.8) is 0 Å². The molecule has 0 spiro atoms. The standard InChI is InChI=1S/C13H17N/c1-2-3-9-14-13-8-7-11-5-4-6-12(11)10-13/h2,7-8,10,14H,1,3-6,9H2. The van der Waals surface area contributed by atoms with Crippen molar-refractivity contribution in [2.24, 2.45) is 0 Å². The van der Waals surface area contributed by atoms with Crippen LogP contribution < -0.4 is 5.32 Å². The molecule has 0 saturated carbocycles. The van der Waals surface area contributed by atoms with Gasteiger partial charge >= 0.3 is 0 Å². The Labute approximate surface area is 85.8 Å². The van der Waals surface area contributed by atoms with Crippen molar-refractivity contribution in [1.29, 1.82) is 0 Å². The maximum Gasteiger partial charge on any atom is 0.0343 e. The molecule has 0 aromatic heterocycles. The third-order valence-electron chi connectivity index (χ3n) is 2.78. The van der Waals surface area contributed by atoms with E-state index in [2.05, 4.69) is 30.1 Å². The van der Waals surface area contributed by atoms with E-state index in [0.29, 0.717) is 0 Å². The molecule has 0 aliphatic heterocycles. The van der Waals surface area contributed by atoms with E-state index in [1.54, 1.807) is 5.56 Å². The molecule has 14 heavy (non-hydrogen) atoms. The lowest BCUT2D eigenvalue weighted by Gasteiger charge is -2.06. The first-order valence-corrected chi connectivity index (χ1v) is 5.37. The molecule has 0 atom stereocenters. The van der Waals surface area contributed by atoms with Crippen molar-refractivity contribution in [1.82, 2.24) is 0 Å². The van der Waals surface area contributed by atoms with E-state index in [-0.39, 0.29) is 0 Å². The molecule has 1 aliphatic rings. The minimum atomic E-state index is 0.988. The lowest BCUT2D eigenvalue weighted by atomic mass is 10.1. The number of rotatable bonds is 4. The van der Waals surface area contributed by atoms with Gasteiger partial charge in [-0.15, -0.1) is 6.58 Å². The summed E-state index contributed by atoms with van der Waals surface area (Å²) in [4.78, 5) is 0. The van der Waals surface area contributed by atoms with E-state index in [0.717, 1.165) is 13.0 Å². The predicted octanol–water partition coefficient (Wildman–Crippen LogP) is 3.16. The summed E-state index contributed by atoms with van der Waals surface area (Å²) < 4.78 is 0. The van der Waals surface area contributed by atoms with Gasteiger partial charge in [-0.1, -0.05) is 12.1 Å². The highest BCUT2D eigenvalue weighted by molar-refractivity contribution is 5.50. The molecular formula is C13H17N. The molecule has 1 aromatic carbocycles. The lowest BCUT2D eigenvalue weighted by molar-refractivity contribution is 0.912. The zero-order valence-electron chi connectivity index (χ0n) is 8.55. The van der Waals surface area contributed by atoms with Gasteiger partial charge in [0.15, 0.2) is 0 Å². The average molecular weight is 187 g/mol. The van der Waals surface area contributed by atoms with Crippen molar-refractivity contribution >= 4 is 5.69 Å². The van der Waals surface area contributed by atoms with Crippen LogP contribution in [0.25, 0.3) is 0 Å². The Morgan fingerprint density at radius 1 is 1.29 bits per heavy atom. The molecular weight excluding hydrogens is 170 g/mol. The summed E-state index contributed by atoms with van der Waals surface area (Å²) in [5.74, 6) is 0. The van der Waals surface area contributed by atoms with Crippen LogP contribution in [0.5, 0.6) is 0 Å². The predicted molar refractivity (Wildman–Crippen MR) is 61.8 cm³/mol. The third kappa shape index (κ3) is 1.98. The van der Waals surface area contributed by atoms with Crippen LogP contribution in [0, 0.1) is 0 Å². The second-order valence-electron chi connectivity index (χ2n) is 3.84. The van der Waals surface area contributed by atoms with Crippen molar-refractivity contribution in [2.45, 2.75) is 25.7 Å². The molecule has 1 aliphatic carbocycles. The molecule has 1 N–H and O–H groups in total. The highest BCUT2D eigenvalue weighted by Crippen LogP contribution is 2.24. The highest BCUT2D eigenvalue weighted by atomic mass is 14.9. The molecule has 1 aromatic rings. The van der Waals surface area contributed by atoms with Gasteiger partial charge in [-0.25, -0.2) is 0 Å². The minimum absolute atomic E-state index is 0.988. The quantitative estimate of drug-likeness (QED) is 0.564. The summed E-state index contributed by atoms with van der Waals surface area (Å²) in [6.45, 7) is 4.70. The maximum absolute atomic E-state index is 3.71. The Balaban J connectivity index is 2.01. The van der Waals surface area contributed by atoms with Crippen LogP contribution in [0.1, 0.15) is 24.0 Å². The zero-order valence-corrected chi connectivity index (χ0v) is 8.55. The summed E-state index contributed by atoms with van der Waals surface area (Å²) in [6, 6.07) is 6.75. The van der Waals surface area contributed by atoms with Gasteiger partial charge in [0.1, 0.15) is 0 Å². The number of anilines is 1. The lowest BCUT2D eigenvalue weighted by Crippen LogP contribution is -2.00. The van der Waals surface area contributed by atoms with E-state index in [1.807, 2.05) is 6.08 Å². The summed E-state index contributed by atoms with van der Waals surface area (Å²) in [7, 11) is 0. The Morgan fingerprint density at radius 2 is 2.14 bits per heavy atom. The van der Waals surface area contributed by atoms with E-state index >= 15 is 0 Å². The first-order valence-electron chi connectivity index (χ1n) is 5.37. The Morgan fingerprint density at radius 3 is 3.00 bits per heavy atom. The van der Waals surface area contributed by atoms with Crippen LogP contribution in [-0.4, -0.2) is 6.54 Å². The summed E-state index contributed by atoms with van der Waals surface area (Å²) in [5, 5.41) is 3.40. The summed E-state index contributed by atoms with van der Waals surface area (Å²) >= 11 is 0. The molecule has 0 radical (unpaired) electrons. The number of benzene rings is 1. The Hall–Kier alpha value is -1.24. The molecule has 1 heteroatoms. The minimum Gasteiger partial charge on any atom is -0.385 e. The first-order chi connectivity index (χ1) is 6.90. The molecule has 74 valence electrons. The van der Waals surface area contributed by atoms with E-state index in [9.17, 15) is 0 Å². The molecule has 0 bridgehead atoms. The van der Waals surface area contributed by atoms with Crippen LogP contribution in [-0.2, 0) is 12.8 Å². The van der Waals surface area contributed by atoms with Gasteiger partial charge in [0, 0.05) is 12.2 Å².